The average molecular weight is 299 g/mol. The van der Waals surface area contributed by atoms with Gasteiger partial charge in [-0.2, -0.15) is 5.26 Å². The van der Waals surface area contributed by atoms with Gasteiger partial charge in [0.1, 0.15) is 17.4 Å². The zero-order chi connectivity index (χ0) is 15.9. The van der Waals surface area contributed by atoms with Crippen molar-refractivity contribution in [3.8, 4) is 11.8 Å². The summed E-state index contributed by atoms with van der Waals surface area (Å²) in [4.78, 5) is 14.3. The lowest BCUT2D eigenvalue weighted by Crippen LogP contribution is -2.26. The molecule has 0 radical (unpaired) electrons. The number of piperidine rings is 1. The predicted molar refractivity (Wildman–Crippen MR) is 85.5 cm³/mol. The van der Waals surface area contributed by atoms with Gasteiger partial charge in [-0.1, -0.05) is 6.07 Å². The lowest BCUT2D eigenvalue weighted by Gasteiger charge is -2.25. The van der Waals surface area contributed by atoms with Gasteiger partial charge in [-0.25, -0.2) is 0 Å². The Morgan fingerprint density at radius 2 is 2.09 bits per heavy atom. The van der Waals surface area contributed by atoms with E-state index in [9.17, 15) is 10.1 Å². The number of nitriles is 1. The fourth-order valence-electron chi connectivity index (χ4n) is 2.48. The first-order valence-electron chi connectivity index (χ1n) is 7.46. The highest BCUT2D eigenvalue weighted by Gasteiger charge is 2.15. The summed E-state index contributed by atoms with van der Waals surface area (Å²) in [5, 5.41) is 12.0. The maximum Gasteiger partial charge on any atom is 0.267 e. The van der Waals surface area contributed by atoms with Crippen LogP contribution in [0, 0.1) is 18.3 Å². The Bertz CT molecular complexity index is 611. The molecule has 1 saturated heterocycles. The van der Waals surface area contributed by atoms with E-state index in [0.29, 0.717) is 11.4 Å². The number of amides is 1. The van der Waals surface area contributed by atoms with E-state index in [4.69, 9.17) is 4.74 Å². The van der Waals surface area contributed by atoms with Gasteiger partial charge in [-0.3, -0.25) is 4.79 Å². The van der Waals surface area contributed by atoms with Gasteiger partial charge in [0.2, 0.25) is 0 Å². The molecule has 1 amide bonds. The zero-order valence-corrected chi connectivity index (χ0v) is 13.1. The summed E-state index contributed by atoms with van der Waals surface area (Å²) in [6, 6.07) is 7.52. The van der Waals surface area contributed by atoms with Crippen LogP contribution in [0.3, 0.4) is 0 Å². The lowest BCUT2D eigenvalue weighted by atomic mass is 10.1. The van der Waals surface area contributed by atoms with E-state index in [0.717, 1.165) is 31.5 Å². The summed E-state index contributed by atoms with van der Waals surface area (Å²) >= 11 is 0. The van der Waals surface area contributed by atoms with Gasteiger partial charge >= 0.3 is 0 Å². The SMILES string of the molecule is COc1ccc(C)cc1NC(=O)/C(C#N)=C\N1CCCCC1. The van der Waals surface area contributed by atoms with Crippen LogP contribution in [0.2, 0.25) is 0 Å². The van der Waals surface area contributed by atoms with Gasteiger partial charge in [0.25, 0.3) is 5.91 Å². The van der Waals surface area contributed by atoms with E-state index >= 15 is 0 Å². The number of carbonyl (C=O) groups excluding carboxylic acids is 1. The van der Waals surface area contributed by atoms with Crippen molar-refractivity contribution in [2.45, 2.75) is 26.2 Å². The van der Waals surface area contributed by atoms with Gasteiger partial charge in [0.15, 0.2) is 0 Å². The molecule has 1 heterocycles. The van der Waals surface area contributed by atoms with E-state index in [2.05, 4.69) is 5.32 Å². The smallest absolute Gasteiger partial charge is 0.267 e. The molecule has 0 aliphatic carbocycles. The van der Waals surface area contributed by atoms with E-state index in [1.54, 1.807) is 19.4 Å². The minimum Gasteiger partial charge on any atom is -0.495 e. The molecule has 116 valence electrons. The molecule has 0 saturated carbocycles. The number of nitrogens with one attached hydrogen (secondary N) is 1. The van der Waals surface area contributed by atoms with Crippen LogP contribution in [-0.4, -0.2) is 31.0 Å². The van der Waals surface area contributed by atoms with Crippen molar-refractivity contribution < 1.29 is 9.53 Å². The van der Waals surface area contributed by atoms with Gasteiger partial charge in [-0.05, 0) is 43.9 Å². The maximum absolute atomic E-state index is 12.3. The number of methoxy groups -OCH3 is 1. The van der Waals surface area contributed by atoms with Crippen molar-refractivity contribution in [1.82, 2.24) is 4.90 Å². The van der Waals surface area contributed by atoms with E-state index in [1.165, 1.54) is 6.42 Å². The summed E-state index contributed by atoms with van der Waals surface area (Å²) in [5.74, 6) is 0.172. The maximum atomic E-state index is 12.3. The second kappa shape index (κ2) is 7.51. The number of hydrogen-bond donors (Lipinski definition) is 1. The minimum absolute atomic E-state index is 0.116. The molecule has 5 nitrogen and oxygen atoms in total. The largest absolute Gasteiger partial charge is 0.495 e. The first kappa shape index (κ1) is 15.9. The number of likely N-dealkylation sites (tertiary alicyclic amines) is 1. The standard InChI is InChI=1S/C17H21N3O2/c1-13-6-7-16(22-2)15(10-13)19-17(21)14(11-18)12-20-8-4-3-5-9-20/h6-7,10,12H,3-5,8-9H2,1-2H3,(H,19,21)/b14-12-. The van der Waals surface area contributed by atoms with Crippen LogP contribution < -0.4 is 10.1 Å². The van der Waals surface area contributed by atoms with Gasteiger partial charge in [-0.15, -0.1) is 0 Å². The molecule has 1 aliphatic rings. The number of hydrogen-bond acceptors (Lipinski definition) is 4. The monoisotopic (exact) mass is 299 g/mol. The second-order valence-electron chi connectivity index (χ2n) is 5.41. The molecule has 1 aliphatic heterocycles. The Morgan fingerprint density at radius 3 is 2.73 bits per heavy atom. The van der Waals surface area contributed by atoms with Crippen molar-refractivity contribution in [2.75, 3.05) is 25.5 Å². The highest BCUT2D eigenvalue weighted by Crippen LogP contribution is 2.25. The highest BCUT2D eigenvalue weighted by atomic mass is 16.5. The molecule has 0 unspecified atom stereocenters. The van der Waals surface area contributed by atoms with E-state index in [-0.39, 0.29) is 5.57 Å². The topological polar surface area (TPSA) is 65.4 Å². The summed E-state index contributed by atoms with van der Waals surface area (Å²) < 4.78 is 5.24. The Morgan fingerprint density at radius 1 is 1.36 bits per heavy atom. The van der Waals surface area contributed by atoms with Crippen LogP contribution >= 0.6 is 0 Å². The predicted octanol–water partition coefficient (Wildman–Crippen LogP) is 2.84. The van der Waals surface area contributed by atoms with Crippen molar-refractivity contribution >= 4 is 11.6 Å². The number of ether oxygens (including phenoxy) is 1. The van der Waals surface area contributed by atoms with Gasteiger partial charge in [0, 0.05) is 19.3 Å². The molecule has 1 aromatic rings. The quantitative estimate of drug-likeness (QED) is 0.686. The van der Waals surface area contributed by atoms with Crippen LogP contribution in [0.5, 0.6) is 5.75 Å². The number of rotatable bonds is 4. The third-order valence-electron chi connectivity index (χ3n) is 3.67. The molecule has 0 spiro atoms. The third kappa shape index (κ3) is 4.01. The number of anilines is 1. The van der Waals surface area contributed by atoms with Crippen LogP contribution in [0.1, 0.15) is 24.8 Å². The van der Waals surface area contributed by atoms with Crippen LogP contribution in [0.4, 0.5) is 5.69 Å². The first-order valence-corrected chi connectivity index (χ1v) is 7.46. The first-order chi connectivity index (χ1) is 10.6. The van der Waals surface area contributed by atoms with Gasteiger partial charge < -0.3 is 15.0 Å². The van der Waals surface area contributed by atoms with Crippen molar-refractivity contribution in [2.24, 2.45) is 0 Å². The normalized spacial score (nSPS) is 15.1. The summed E-state index contributed by atoms with van der Waals surface area (Å²) in [6.07, 6.45) is 5.07. The lowest BCUT2D eigenvalue weighted by molar-refractivity contribution is -0.112. The molecule has 1 aromatic carbocycles. The Hall–Kier alpha value is -2.48. The number of nitrogens with zero attached hydrogens (tertiary/aromatic N) is 2. The molecule has 1 fully saturated rings. The number of aryl methyl sites for hydroxylation is 1. The average Bonchev–Trinajstić information content (AvgIpc) is 2.53. The molecule has 1 N–H and O–H groups in total. The molecule has 0 bridgehead atoms. The van der Waals surface area contributed by atoms with Crippen molar-refractivity contribution in [3.63, 3.8) is 0 Å². The number of carbonyl (C=O) groups is 1. The molecule has 0 atom stereocenters. The summed E-state index contributed by atoms with van der Waals surface area (Å²) in [7, 11) is 1.55. The molecular formula is C17H21N3O2. The second-order valence-corrected chi connectivity index (χ2v) is 5.41. The molecule has 5 heteroatoms. The Labute approximate surface area is 131 Å². The third-order valence-corrected chi connectivity index (χ3v) is 3.67. The van der Waals surface area contributed by atoms with Crippen LogP contribution in [0.15, 0.2) is 30.0 Å². The summed E-state index contributed by atoms with van der Waals surface area (Å²) in [5.41, 5.74) is 1.70. The van der Waals surface area contributed by atoms with Gasteiger partial charge in [0.05, 0.1) is 12.8 Å². The van der Waals surface area contributed by atoms with Crippen molar-refractivity contribution in [3.05, 3.63) is 35.5 Å². The van der Waals surface area contributed by atoms with Crippen LogP contribution in [0.25, 0.3) is 0 Å². The molecule has 2 rings (SSSR count). The summed E-state index contributed by atoms with van der Waals surface area (Å²) in [6.45, 7) is 3.72. The molecule has 0 aromatic heterocycles. The zero-order valence-electron chi connectivity index (χ0n) is 13.1. The fraction of sp³-hybridized carbons (Fsp3) is 0.412. The Balaban J connectivity index is 2.14. The highest BCUT2D eigenvalue weighted by molar-refractivity contribution is 6.07. The molecule has 22 heavy (non-hydrogen) atoms. The van der Waals surface area contributed by atoms with E-state index in [1.807, 2.05) is 30.0 Å². The fourth-order valence-corrected chi connectivity index (χ4v) is 2.48. The number of benzene rings is 1. The van der Waals surface area contributed by atoms with E-state index < -0.39 is 5.91 Å². The molecular weight excluding hydrogens is 278 g/mol. The Kier molecular flexibility index (Phi) is 5.42. The minimum atomic E-state index is -0.406. The van der Waals surface area contributed by atoms with Crippen LogP contribution in [-0.2, 0) is 4.79 Å². The van der Waals surface area contributed by atoms with Crippen molar-refractivity contribution in [1.29, 1.82) is 5.26 Å².